The lowest BCUT2D eigenvalue weighted by atomic mass is 10.1. The van der Waals surface area contributed by atoms with Crippen molar-refractivity contribution in [2.75, 3.05) is 6.61 Å². The third kappa shape index (κ3) is 3.65. The Morgan fingerprint density at radius 3 is 2.71 bits per heavy atom. The highest BCUT2D eigenvalue weighted by Gasteiger charge is 2.06. The Kier molecular flexibility index (Phi) is 4.29. The molecule has 1 rings (SSSR count). The molecule has 0 bridgehead atoms. The predicted octanol–water partition coefficient (Wildman–Crippen LogP) is 1.61. The van der Waals surface area contributed by atoms with Gasteiger partial charge in [-0.2, -0.15) is 0 Å². The molecule has 0 fully saturated rings. The van der Waals surface area contributed by atoms with Gasteiger partial charge in [-0.15, -0.1) is 0 Å². The van der Waals surface area contributed by atoms with E-state index in [9.17, 15) is 9.59 Å². The number of hydrogen-bond acceptors (Lipinski definition) is 3. The van der Waals surface area contributed by atoms with Crippen molar-refractivity contribution in [1.29, 1.82) is 0 Å². The zero-order valence-electron chi connectivity index (χ0n) is 9.61. The van der Waals surface area contributed by atoms with Crippen molar-refractivity contribution in [2.24, 2.45) is 0 Å². The second-order valence-corrected chi connectivity index (χ2v) is 3.31. The maximum atomic E-state index is 11.0. The van der Waals surface area contributed by atoms with Crippen LogP contribution in [0.5, 0.6) is 0 Å². The Labute approximate surface area is 99.2 Å². The molecule has 0 saturated heterocycles. The van der Waals surface area contributed by atoms with E-state index in [-0.39, 0.29) is 12.2 Å². The van der Waals surface area contributed by atoms with Gasteiger partial charge in [0.2, 0.25) is 0 Å². The molecule has 4 heteroatoms. The van der Waals surface area contributed by atoms with Crippen LogP contribution in [-0.2, 0) is 9.53 Å². The van der Waals surface area contributed by atoms with Crippen molar-refractivity contribution in [3.63, 3.8) is 0 Å². The molecule has 17 heavy (non-hydrogen) atoms. The number of carboxylic acids is 1. The van der Waals surface area contributed by atoms with Crippen LogP contribution in [0.1, 0.15) is 28.4 Å². The Hall–Kier alpha value is -2.28. The first-order valence-corrected chi connectivity index (χ1v) is 5.07. The van der Waals surface area contributed by atoms with Gasteiger partial charge in [0.25, 0.3) is 0 Å². The summed E-state index contributed by atoms with van der Waals surface area (Å²) in [5.41, 5.74) is 1.31. The van der Waals surface area contributed by atoms with E-state index in [1.807, 2.05) is 0 Å². The second kappa shape index (κ2) is 5.71. The van der Waals surface area contributed by atoms with Crippen molar-refractivity contribution in [3.8, 4) is 11.8 Å². The van der Waals surface area contributed by atoms with Gasteiger partial charge in [-0.05, 0) is 31.5 Å². The Bertz CT molecular complexity index is 506. The first-order chi connectivity index (χ1) is 8.04. The molecule has 1 aromatic carbocycles. The summed E-state index contributed by atoms with van der Waals surface area (Å²) in [6.07, 6.45) is 0. The van der Waals surface area contributed by atoms with Gasteiger partial charge in [-0.3, -0.25) is 0 Å². The molecule has 0 spiro atoms. The van der Waals surface area contributed by atoms with Gasteiger partial charge in [0.05, 0.1) is 12.2 Å². The molecule has 0 aliphatic carbocycles. The normalized spacial score (nSPS) is 9.06. The molecule has 1 N–H and O–H groups in total. The molecular formula is C13H12O4. The minimum absolute atomic E-state index is 0.181. The van der Waals surface area contributed by atoms with Crippen LogP contribution in [0.3, 0.4) is 0 Å². The number of benzene rings is 1. The maximum absolute atomic E-state index is 11.0. The van der Waals surface area contributed by atoms with Crippen molar-refractivity contribution in [2.45, 2.75) is 13.8 Å². The first kappa shape index (κ1) is 12.8. The first-order valence-electron chi connectivity index (χ1n) is 5.07. The van der Waals surface area contributed by atoms with Gasteiger partial charge >= 0.3 is 11.9 Å². The van der Waals surface area contributed by atoms with Crippen LogP contribution in [0.2, 0.25) is 0 Å². The van der Waals surface area contributed by atoms with E-state index in [4.69, 9.17) is 5.11 Å². The maximum Gasteiger partial charge on any atom is 0.384 e. The van der Waals surface area contributed by atoms with Gasteiger partial charge in [0.15, 0.2) is 0 Å². The molecule has 0 aromatic heterocycles. The van der Waals surface area contributed by atoms with Crippen molar-refractivity contribution in [1.82, 2.24) is 0 Å². The smallest absolute Gasteiger partial charge is 0.384 e. The summed E-state index contributed by atoms with van der Waals surface area (Å²) in [6.45, 7) is 3.65. The fraction of sp³-hybridized carbons (Fsp3) is 0.231. The third-order valence-corrected chi connectivity index (χ3v) is 2.05. The Morgan fingerprint density at radius 1 is 1.41 bits per heavy atom. The van der Waals surface area contributed by atoms with Crippen LogP contribution in [0.15, 0.2) is 18.2 Å². The SMILES string of the molecule is CCOC(=O)C#Cc1ccc(C)c(C(=O)O)c1. The summed E-state index contributed by atoms with van der Waals surface area (Å²) >= 11 is 0. The van der Waals surface area contributed by atoms with E-state index in [0.717, 1.165) is 0 Å². The highest BCUT2D eigenvalue weighted by atomic mass is 16.5. The number of carbonyl (C=O) groups is 2. The number of ether oxygens (including phenoxy) is 1. The average molecular weight is 232 g/mol. The molecule has 0 heterocycles. The molecule has 0 atom stereocenters. The standard InChI is InChI=1S/C13H12O4/c1-3-17-12(14)7-6-10-5-4-9(2)11(8-10)13(15)16/h4-5,8H,3H2,1-2H3,(H,15,16). The van der Waals surface area contributed by atoms with E-state index in [1.54, 1.807) is 26.0 Å². The summed E-state index contributed by atoms with van der Waals surface area (Å²) in [5.74, 6) is 3.21. The zero-order valence-corrected chi connectivity index (χ0v) is 9.61. The quantitative estimate of drug-likeness (QED) is 0.621. The number of aromatic carboxylic acids is 1. The van der Waals surface area contributed by atoms with E-state index < -0.39 is 11.9 Å². The van der Waals surface area contributed by atoms with Gasteiger partial charge in [0.1, 0.15) is 0 Å². The molecule has 88 valence electrons. The average Bonchev–Trinajstić information content (AvgIpc) is 2.28. The van der Waals surface area contributed by atoms with Crippen LogP contribution >= 0.6 is 0 Å². The molecule has 0 amide bonds. The minimum atomic E-state index is -1.01. The van der Waals surface area contributed by atoms with Crippen LogP contribution in [0, 0.1) is 18.8 Å². The van der Waals surface area contributed by atoms with Crippen molar-refractivity contribution >= 4 is 11.9 Å². The molecule has 0 saturated carbocycles. The third-order valence-electron chi connectivity index (χ3n) is 2.05. The lowest BCUT2D eigenvalue weighted by molar-refractivity contribution is -0.136. The van der Waals surface area contributed by atoms with E-state index in [2.05, 4.69) is 16.6 Å². The lowest BCUT2D eigenvalue weighted by Gasteiger charge is -2.00. The summed E-state index contributed by atoms with van der Waals surface area (Å²) in [6, 6.07) is 4.75. The van der Waals surface area contributed by atoms with Crippen LogP contribution in [0.4, 0.5) is 0 Å². The van der Waals surface area contributed by atoms with Gasteiger partial charge < -0.3 is 9.84 Å². The van der Waals surface area contributed by atoms with Crippen LogP contribution in [-0.4, -0.2) is 23.7 Å². The van der Waals surface area contributed by atoms with E-state index in [0.29, 0.717) is 11.1 Å². The number of esters is 1. The number of aryl methyl sites for hydroxylation is 1. The fourth-order valence-corrected chi connectivity index (χ4v) is 1.22. The molecule has 0 aliphatic heterocycles. The summed E-state index contributed by atoms with van der Waals surface area (Å²) in [5, 5.41) is 8.91. The van der Waals surface area contributed by atoms with Crippen molar-refractivity contribution in [3.05, 3.63) is 34.9 Å². The van der Waals surface area contributed by atoms with Crippen LogP contribution < -0.4 is 0 Å². The van der Waals surface area contributed by atoms with E-state index in [1.165, 1.54) is 6.07 Å². The molecule has 0 unspecified atom stereocenters. The van der Waals surface area contributed by atoms with Crippen molar-refractivity contribution < 1.29 is 19.4 Å². The summed E-state index contributed by atoms with van der Waals surface area (Å²) in [7, 11) is 0. The molecule has 0 radical (unpaired) electrons. The fourth-order valence-electron chi connectivity index (χ4n) is 1.22. The molecule has 1 aromatic rings. The lowest BCUT2D eigenvalue weighted by Crippen LogP contribution is -2.01. The highest BCUT2D eigenvalue weighted by molar-refractivity contribution is 5.91. The highest BCUT2D eigenvalue weighted by Crippen LogP contribution is 2.10. The summed E-state index contributed by atoms with van der Waals surface area (Å²) in [4.78, 5) is 21.9. The zero-order chi connectivity index (χ0) is 12.8. The minimum Gasteiger partial charge on any atom is -0.478 e. The number of rotatable bonds is 2. The number of carbonyl (C=O) groups excluding carboxylic acids is 1. The molecular weight excluding hydrogens is 220 g/mol. The molecule has 4 nitrogen and oxygen atoms in total. The summed E-state index contributed by atoms with van der Waals surface area (Å²) < 4.78 is 4.64. The second-order valence-electron chi connectivity index (χ2n) is 3.31. The number of hydrogen-bond donors (Lipinski definition) is 1. The largest absolute Gasteiger partial charge is 0.478 e. The Morgan fingerprint density at radius 2 is 2.12 bits per heavy atom. The van der Waals surface area contributed by atoms with E-state index >= 15 is 0 Å². The van der Waals surface area contributed by atoms with Gasteiger partial charge in [0, 0.05) is 11.5 Å². The molecule has 0 aliphatic rings. The predicted molar refractivity (Wildman–Crippen MR) is 61.6 cm³/mol. The number of carboxylic acid groups (broad SMARTS) is 1. The van der Waals surface area contributed by atoms with Gasteiger partial charge in [-0.25, -0.2) is 9.59 Å². The monoisotopic (exact) mass is 232 g/mol. The van der Waals surface area contributed by atoms with Gasteiger partial charge in [-0.1, -0.05) is 12.0 Å². The van der Waals surface area contributed by atoms with Crippen LogP contribution in [0.25, 0.3) is 0 Å². The topological polar surface area (TPSA) is 63.6 Å². The Balaban J connectivity index is 2.97.